The fraction of sp³-hybridized carbons (Fsp3) is 0.652. The predicted molar refractivity (Wildman–Crippen MR) is 109 cm³/mol. The highest BCUT2D eigenvalue weighted by molar-refractivity contribution is 5.73. The van der Waals surface area contributed by atoms with E-state index >= 15 is 0 Å². The molecule has 0 aliphatic rings. The highest BCUT2D eigenvalue weighted by atomic mass is 16.5. The summed E-state index contributed by atoms with van der Waals surface area (Å²) in [6, 6.07) is 6.64. The first-order valence-electron chi connectivity index (χ1n) is 10.5. The van der Waals surface area contributed by atoms with Crippen molar-refractivity contribution in [3.05, 3.63) is 24.3 Å². The average molecular weight is 377 g/mol. The summed E-state index contributed by atoms with van der Waals surface area (Å²) in [6.07, 6.45) is 10.9. The molecule has 0 saturated heterocycles. The second-order valence-corrected chi connectivity index (χ2v) is 7.58. The number of hydrogen-bond acceptors (Lipinski definition) is 4. The van der Waals surface area contributed by atoms with Gasteiger partial charge >= 0.3 is 11.9 Å². The number of esters is 2. The molecule has 0 aromatic heterocycles. The van der Waals surface area contributed by atoms with Crippen molar-refractivity contribution < 1.29 is 19.1 Å². The normalized spacial score (nSPS) is 10.8. The van der Waals surface area contributed by atoms with Gasteiger partial charge in [-0.3, -0.25) is 9.59 Å². The van der Waals surface area contributed by atoms with Gasteiger partial charge in [-0.1, -0.05) is 65.7 Å². The van der Waals surface area contributed by atoms with E-state index in [9.17, 15) is 9.59 Å². The van der Waals surface area contributed by atoms with Gasteiger partial charge in [0.15, 0.2) is 0 Å². The number of benzene rings is 1. The molecular formula is C23H36O4. The Labute approximate surface area is 164 Å². The van der Waals surface area contributed by atoms with E-state index in [-0.39, 0.29) is 11.9 Å². The summed E-state index contributed by atoms with van der Waals surface area (Å²) >= 11 is 0. The maximum Gasteiger partial charge on any atom is 0.311 e. The zero-order chi connectivity index (χ0) is 19.9. The van der Waals surface area contributed by atoms with Crippen LogP contribution in [0.3, 0.4) is 0 Å². The van der Waals surface area contributed by atoms with E-state index in [0.29, 0.717) is 24.3 Å². The number of rotatable bonds is 14. The topological polar surface area (TPSA) is 52.6 Å². The van der Waals surface area contributed by atoms with E-state index in [1.165, 1.54) is 32.1 Å². The molecule has 0 radical (unpaired) electrons. The van der Waals surface area contributed by atoms with Gasteiger partial charge in [-0.15, -0.1) is 0 Å². The molecule has 0 N–H and O–H groups in total. The lowest BCUT2D eigenvalue weighted by molar-refractivity contribution is -0.135. The smallest absolute Gasteiger partial charge is 0.311 e. The van der Waals surface area contributed by atoms with Crippen molar-refractivity contribution >= 4 is 11.9 Å². The molecule has 0 aliphatic carbocycles. The van der Waals surface area contributed by atoms with E-state index in [0.717, 1.165) is 31.6 Å². The van der Waals surface area contributed by atoms with Crippen LogP contribution in [0.25, 0.3) is 0 Å². The van der Waals surface area contributed by atoms with E-state index in [1.54, 1.807) is 24.3 Å². The van der Waals surface area contributed by atoms with Gasteiger partial charge in [-0.05, 0) is 43.0 Å². The summed E-state index contributed by atoms with van der Waals surface area (Å²) in [5, 5.41) is 0. The van der Waals surface area contributed by atoms with Gasteiger partial charge in [0.05, 0.1) is 0 Å². The molecule has 152 valence electrons. The quantitative estimate of drug-likeness (QED) is 0.212. The van der Waals surface area contributed by atoms with Crippen LogP contribution < -0.4 is 9.47 Å². The molecule has 0 bridgehead atoms. The summed E-state index contributed by atoms with van der Waals surface area (Å²) in [4.78, 5) is 23.5. The lowest BCUT2D eigenvalue weighted by Crippen LogP contribution is -2.08. The minimum atomic E-state index is -0.231. The van der Waals surface area contributed by atoms with Gasteiger partial charge in [-0.2, -0.15) is 0 Å². The Balaban J connectivity index is 2.15. The van der Waals surface area contributed by atoms with Crippen LogP contribution in [0.15, 0.2) is 24.3 Å². The number of carbonyl (C=O) groups is 2. The van der Waals surface area contributed by atoms with Gasteiger partial charge in [0, 0.05) is 12.8 Å². The van der Waals surface area contributed by atoms with Gasteiger partial charge in [0.2, 0.25) is 0 Å². The average Bonchev–Trinajstić information content (AvgIpc) is 2.63. The molecule has 1 rings (SSSR count). The Morgan fingerprint density at radius 3 is 1.67 bits per heavy atom. The van der Waals surface area contributed by atoms with Crippen molar-refractivity contribution in [1.29, 1.82) is 0 Å². The summed E-state index contributed by atoms with van der Waals surface area (Å²) < 4.78 is 10.6. The van der Waals surface area contributed by atoms with Crippen molar-refractivity contribution in [3.8, 4) is 11.5 Å². The Morgan fingerprint density at radius 2 is 1.19 bits per heavy atom. The Kier molecular flexibility index (Phi) is 12.2. The zero-order valence-electron chi connectivity index (χ0n) is 17.3. The summed E-state index contributed by atoms with van der Waals surface area (Å²) in [5.74, 6) is 1.32. The van der Waals surface area contributed by atoms with Gasteiger partial charge in [0.25, 0.3) is 0 Å². The molecular weight excluding hydrogens is 340 g/mol. The molecule has 1 aromatic rings. The second-order valence-electron chi connectivity index (χ2n) is 7.58. The third kappa shape index (κ3) is 12.2. The van der Waals surface area contributed by atoms with Gasteiger partial charge in [0.1, 0.15) is 11.5 Å². The fourth-order valence-corrected chi connectivity index (χ4v) is 2.79. The molecule has 0 saturated carbocycles. The maximum atomic E-state index is 11.9. The van der Waals surface area contributed by atoms with Crippen LogP contribution in [0.2, 0.25) is 0 Å². The standard InChI is InChI=1S/C23H36O4/c1-4-5-13-22(24)26-20-15-17-21(18-16-20)27-23(25)14-11-9-7-6-8-10-12-19(2)3/h15-19H,4-14H2,1-3H3. The van der Waals surface area contributed by atoms with Crippen molar-refractivity contribution in [2.75, 3.05) is 0 Å². The van der Waals surface area contributed by atoms with Crippen molar-refractivity contribution in [3.63, 3.8) is 0 Å². The maximum absolute atomic E-state index is 11.9. The first kappa shape index (κ1) is 23.2. The van der Waals surface area contributed by atoms with Crippen molar-refractivity contribution in [2.45, 2.75) is 91.4 Å². The summed E-state index contributed by atoms with van der Waals surface area (Å²) in [7, 11) is 0. The monoisotopic (exact) mass is 376 g/mol. The second kappa shape index (κ2) is 14.2. The van der Waals surface area contributed by atoms with Crippen LogP contribution in [0.1, 0.15) is 91.4 Å². The van der Waals surface area contributed by atoms with Crippen LogP contribution in [0.5, 0.6) is 11.5 Å². The lowest BCUT2D eigenvalue weighted by atomic mass is 10.0. The molecule has 0 aliphatic heterocycles. The highest BCUT2D eigenvalue weighted by Gasteiger charge is 2.07. The number of carbonyl (C=O) groups excluding carboxylic acids is 2. The molecule has 0 heterocycles. The van der Waals surface area contributed by atoms with Crippen LogP contribution in [0, 0.1) is 5.92 Å². The molecule has 0 atom stereocenters. The highest BCUT2D eigenvalue weighted by Crippen LogP contribution is 2.19. The molecule has 4 heteroatoms. The van der Waals surface area contributed by atoms with Crippen molar-refractivity contribution in [2.24, 2.45) is 5.92 Å². The first-order chi connectivity index (χ1) is 13.0. The largest absolute Gasteiger partial charge is 0.427 e. The molecule has 0 unspecified atom stereocenters. The van der Waals surface area contributed by atoms with E-state index in [4.69, 9.17) is 9.47 Å². The molecule has 0 fully saturated rings. The number of hydrogen-bond donors (Lipinski definition) is 0. The van der Waals surface area contributed by atoms with E-state index in [2.05, 4.69) is 13.8 Å². The summed E-state index contributed by atoms with van der Waals surface area (Å²) in [5.41, 5.74) is 0. The molecule has 27 heavy (non-hydrogen) atoms. The Bertz CT molecular complexity index is 534. The molecule has 1 aromatic carbocycles. The van der Waals surface area contributed by atoms with Gasteiger partial charge < -0.3 is 9.47 Å². The predicted octanol–water partition coefficient (Wildman–Crippen LogP) is 6.46. The van der Waals surface area contributed by atoms with Crippen LogP contribution in [-0.4, -0.2) is 11.9 Å². The Hall–Kier alpha value is -1.84. The van der Waals surface area contributed by atoms with Crippen LogP contribution in [-0.2, 0) is 9.59 Å². The summed E-state index contributed by atoms with van der Waals surface area (Å²) in [6.45, 7) is 6.56. The van der Waals surface area contributed by atoms with Gasteiger partial charge in [-0.25, -0.2) is 0 Å². The zero-order valence-corrected chi connectivity index (χ0v) is 17.3. The van der Waals surface area contributed by atoms with E-state index < -0.39 is 0 Å². The fourth-order valence-electron chi connectivity index (χ4n) is 2.79. The minimum Gasteiger partial charge on any atom is -0.427 e. The first-order valence-corrected chi connectivity index (χ1v) is 10.5. The Morgan fingerprint density at radius 1 is 0.741 bits per heavy atom. The molecule has 0 amide bonds. The molecule has 0 spiro atoms. The SMILES string of the molecule is CCCCC(=O)Oc1ccc(OC(=O)CCCCCCCCC(C)C)cc1. The van der Waals surface area contributed by atoms with Crippen LogP contribution in [0.4, 0.5) is 0 Å². The minimum absolute atomic E-state index is 0.206. The lowest BCUT2D eigenvalue weighted by Gasteiger charge is -2.07. The number of unbranched alkanes of at least 4 members (excludes halogenated alkanes) is 6. The van der Waals surface area contributed by atoms with Crippen LogP contribution >= 0.6 is 0 Å². The van der Waals surface area contributed by atoms with Crippen molar-refractivity contribution in [1.82, 2.24) is 0 Å². The van der Waals surface area contributed by atoms with E-state index in [1.807, 2.05) is 6.92 Å². The number of ether oxygens (including phenoxy) is 2. The third-order valence-corrected chi connectivity index (χ3v) is 4.43. The third-order valence-electron chi connectivity index (χ3n) is 4.43. The molecule has 4 nitrogen and oxygen atoms in total.